The molecule has 9 heteroatoms. The van der Waals surface area contributed by atoms with E-state index in [1.807, 2.05) is 32.9 Å². The first-order chi connectivity index (χ1) is 18.5. The van der Waals surface area contributed by atoms with Crippen molar-refractivity contribution in [3.8, 4) is 17.9 Å². The first-order valence-electron chi connectivity index (χ1n) is 13.1. The standard InChI is InChI=1S/C30H34F3N5S/c1-5-21-16-28(29(2,3)19-34)36-18-26(21)35-13-7-8-23-17-24-25(37-22-11-14-39(4)15-12-22)9-6-10-27(24)38(23)20-30(31,32)33/h6,9-10,16-18,22,35,37H,4-5,11-15,20H2,1-3H3. The summed E-state index contributed by atoms with van der Waals surface area (Å²) in [7, 11) is 0.206. The van der Waals surface area contributed by atoms with Crippen LogP contribution in [0.3, 0.4) is 0 Å². The third-order valence-corrected chi connectivity index (χ3v) is 8.65. The summed E-state index contributed by atoms with van der Waals surface area (Å²) in [6, 6.07) is 11.7. The van der Waals surface area contributed by atoms with Gasteiger partial charge in [-0.25, -0.2) is 0 Å². The van der Waals surface area contributed by atoms with Crippen LogP contribution in [0.1, 0.15) is 50.6 Å². The average Bonchev–Trinajstić information content (AvgIpc) is 3.24. The van der Waals surface area contributed by atoms with E-state index >= 15 is 0 Å². The average molecular weight is 554 g/mol. The number of nitrogens with one attached hydrogen (secondary N) is 2. The van der Waals surface area contributed by atoms with Crippen molar-refractivity contribution in [2.45, 2.75) is 64.2 Å². The molecule has 0 saturated carbocycles. The third-order valence-electron chi connectivity index (χ3n) is 7.03. The van der Waals surface area contributed by atoms with Crippen LogP contribution in [0.25, 0.3) is 10.9 Å². The third kappa shape index (κ3) is 6.96. The van der Waals surface area contributed by atoms with Gasteiger partial charge in [0.1, 0.15) is 6.54 Å². The van der Waals surface area contributed by atoms with Gasteiger partial charge >= 0.3 is 6.18 Å². The number of aryl methyl sites for hydroxylation is 1. The topological polar surface area (TPSA) is 65.7 Å². The Hall–Kier alpha value is -3.43. The van der Waals surface area contributed by atoms with Gasteiger partial charge in [0.15, 0.2) is 0 Å². The lowest BCUT2D eigenvalue weighted by molar-refractivity contribution is -0.140. The van der Waals surface area contributed by atoms with Gasteiger partial charge in [-0.2, -0.15) is 28.9 Å². The molecule has 39 heavy (non-hydrogen) atoms. The van der Waals surface area contributed by atoms with Crippen molar-refractivity contribution in [1.82, 2.24) is 9.55 Å². The van der Waals surface area contributed by atoms with Crippen molar-refractivity contribution in [2.75, 3.05) is 28.7 Å². The molecular formula is C30H34F3N5S. The number of alkyl halides is 3. The molecule has 3 aromatic rings. The van der Waals surface area contributed by atoms with Crippen LogP contribution in [0.15, 0.2) is 36.5 Å². The Bertz CT molecular complexity index is 1460. The predicted molar refractivity (Wildman–Crippen MR) is 157 cm³/mol. The molecule has 1 fully saturated rings. The van der Waals surface area contributed by atoms with E-state index in [1.54, 1.807) is 24.4 Å². The van der Waals surface area contributed by atoms with Crippen molar-refractivity contribution in [2.24, 2.45) is 0 Å². The van der Waals surface area contributed by atoms with Crippen LogP contribution in [0.4, 0.5) is 24.5 Å². The maximum absolute atomic E-state index is 13.5. The second-order valence-corrected chi connectivity index (χ2v) is 12.4. The van der Waals surface area contributed by atoms with E-state index in [0.29, 0.717) is 16.9 Å². The van der Waals surface area contributed by atoms with E-state index in [4.69, 9.17) is 0 Å². The van der Waals surface area contributed by atoms with Gasteiger partial charge in [0.05, 0.1) is 46.8 Å². The molecule has 2 N–H and O–H groups in total. The second-order valence-electron chi connectivity index (χ2n) is 10.4. The van der Waals surface area contributed by atoms with Crippen molar-refractivity contribution < 1.29 is 13.2 Å². The minimum atomic E-state index is -4.38. The monoisotopic (exact) mass is 553 g/mol. The van der Waals surface area contributed by atoms with E-state index < -0.39 is 18.1 Å². The zero-order chi connectivity index (χ0) is 28.2. The molecule has 2 aromatic heterocycles. The molecule has 1 aliphatic rings. The van der Waals surface area contributed by atoms with Crippen LogP contribution >= 0.6 is 10.5 Å². The molecule has 1 aliphatic heterocycles. The van der Waals surface area contributed by atoms with Gasteiger partial charge in [-0.1, -0.05) is 24.8 Å². The molecule has 0 atom stereocenters. The minimum absolute atomic E-state index is 0.206. The number of fused-ring (bicyclic) bond motifs is 1. The number of hydrogen-bond acceptors (Lipinski definition) is 4. The highest BCUT2D eigenvalue weighted by Crippen LogP contribution is 2.32. The Morgan fingerprint density at radius 3 is 2.59 bits per heavy atom. The summed E-state index contributed by atoms with van der Waals surface area (Å²) in [5, 5.41) is 17.0. The number of nitrogens with zero attached hydrogens (tertiary/aromatic N) is 3. The summed E-state index contributed by atoms with van der Waals surface area (Å²) in [4.78, 5) is 4.44. The summed E-state index contributed by atoms with van der Waals surface area (Å²) >= 11 is 0. The van der Waals surface area contributed by atoms with Crippen LogP contribution < -0.4 is 10.6 Å². The smallest absolute Gasteiger partial charge is 0.382 e. The molecule has 1 saturated heterocycles. The van der Waals surface area contributed by atoms with Gasteiger partial charge in [-0.15, -0.1) is 0 Å². The highest BCUT2D eigenvalue weighted by atomic mass is 32.2. The maximum atomic E-state index is 13.5. The SMILES string of the molecule is C=S1CCC(Nc2cccc3c2cc(C#CCNc2cnc(C(C)(C)C#N)cc2CC)n3CC(F)(F)F)CC1. The Balaban J connectivity index is 1.59. The van der Waals surface area contributed by atoms with Crippen LogP contribution in [0, 0.1) is 23.2 Å². The van der Waals surface area contributed by atoms with E-state index in [-0.39, 0.29) is 23.1 Å². The number of nitriles is 1. The molecule has 0 unspecified atom stereocenters. The fourth-order valence-electron chi connectivity index (χ4n) is 4.71. The van der Waals surface area contributed by atoms with Crippen molar-refractivity contribution in [3.63, 3.8) is 0 Å². The van der Waals surface area contributed by atoms with Gasteiger partial charge in [-0.3, -0.25) is 4.98 Å². The Morgan fingerprint density at radius 2 is 1.92 bits per heavy atom. The maximum Gasteiger partial charge on any atom is 0.406 e. The molecule has 4 rings (SSSR count). The first kappa shape index (κ1) is 28.6. The number of benzene rings is 1. The number of aromatic nitrogens is 2. The first-order valence-corrected chi connectivity index (χ1v) is 14.8. The molecule has 1 aromatic carbocycles. The summed E-state index contributed by atoms with van der Waals surface area (Å²) in [5.41, 5.74) is 3.46. The summed E-state index contributed by atoms with van der Waals surface area (Å²) in [6.07, 6.45) is 0.0653. The highest BCUT2D eigenvalue weighted by Gasteiger charge is 2.30. The fourth-order valence-corrected chi connectivity index (χ4v) is 6.15. The molecular weight excluding hydrogens is 519 g/mol. The molecule has 0 spiro atoms. The van der Waals surface area contributed by atoms with E-state index in [9.17, 15) is 18.4 Å². The van der Waals surface area contributed by atoms with Crippen LogP contribution in [0.5, 0.6) is 0 Å². The molecule has 3 heterocycles. The Labute approximate surface area is 230 Å². The number of halogens is 3. The summed E-state index contributed by atoms with van der Waals surface area (Å²) in [6.45, 7) is 4.79. The molecule has 0 amide bonds. The zero-order valence-electron chi connectivity index (χ0n) is 22.6. The highest BCUT2D eigenvalue weighted by molar-refractivity contribution is 8.14. The van der Waals surface area contributed by atoms with Crippen molar-refractivity contribution in [3.05, 3.63) is 53.5 Å². The van der Waals surface area contributed by atoms with Crippen molar-refractivity contribution in [1.29, 1.82) is 5.26 Å². The summed E-state index contributed by atoms with van der Waals surface area (Å²) in [5.74, 6) is 12.3. The molecule has 206 valence electrons. The van der Waals surface area contributed by atoms with E-state index in [2.05, 4.69) is 39.4 Å². The number of anilines is 2. The predicted octanol–water partition coefficient (Wildman–Crippen LogP) is 6.70. The fraction of sp³-hybridized carbons (Fsp3) is 0.433. The second kappa shape index (κ2) is 11.8. The van der Waals surface area contributed by atoms with Crippen LogP contribution in [-0.2, 0) is 18.4 Å². The van der Waals surface area contributed by atoms with Gasteiger partial charge in [-0.05, 0) is 80.4 Å². The lowest BCUT2D eigenvalue weighted by atomic mass is 9.89. The Morgan fingerprint density at radius 1 is 1.18 bits per heavy atom. The van der Waals surface area contributed by atoms with E-state index in [1.165, 1.54) is 4.57 Å². The van der Waals surface area contributed by atoms with Gasteiger partial charge in [0.25, 0.3) is 0 Å². The lowest BCUT2D eigenvalue weighted by Crippen LogP contribution is -2.25. The molecule has 0 radical (unpaired) electrons. The van der Waals surface area contributed by atoms with E-state index in [0.717, 1.165) is 53.1 Å². The Kier molecular flexibility index (Phi) is 8.61. The normalized spacial score (nSPS) is 17.8. The largest absolute Gasteiger partial charge is 0.406 e. The van der Waals surface area contributed by atoms with Crippen LogP contribution in [-0.4, -0.2) is 45.7 Å². The van der Waals surface area contributed by atoms with Crippen LogP contribution in [0.2, 0.25) is 0 Å². The minimum Gasteiger partial charge on any atom is -0.382 e. The molecule has 5 nitrogen and oxygen atoms in total. The number of hydrogen-bond donors (Lipinski definition) is 2. The lowest BCUT2D eigenvalue weighted by Gasteiger charge is -2.26. The molecule has 0 bridgehead atoms. The number of pyridine rings is 1. The molecule has 0 aliphatic carbocycles. The number of rotatable bonds is 7. The summed E-state index contributed by atoms with van der Waals surface area (Å²) < 4.78 is 41.9. The van der Waals surface area contributed by atoms with Gasteiger partial charge in [0.2, 0.25) is 0 Å². The van der Waals surface area contributed by atoms with Gasteiger partial charge < -0.3 is 15.2 Å². The zero-order valence-corrected chi connectivity index (χ0v) is 23.4. The van der Waals surface area contributed by atoms with Crippen molar-refractivity contribution >= 4 is 38.6 Å². The quantitative estimate of drug-likeness (QED) is 0.252. The van der Waals surface area contributed by atoms with Gasteiger partial charge in [0, 0.05) is 17.1 Å².